The second kappa shape index (κ2) is 7.28. The third-order valence-electron chi connectivity index (χ3n) is 5.86. The molecule has 2 aliphatic rings. The summed E-state index contributed by atoms with van der Waals surface area (Å²) in [6.07, 6.45) is 0.291. The highest BCUT2D eigenvalue weighted by Crippen LogP contribution is 2.53. The lowest BCUT2D eigenvalue weighted by Gasteiger charge is -2.32. The molecule has 2 aromatic heterocycles. The summed E-state index contributed by atoms with van der Waals surface area (Å²) in [5.74, 6) is -0.868. The van der Waals surface area contributed by atoms with E-state index in [0.29, 0.717) is 31.8 Å². The predicted molar refractivity (Wildman–Crippen MR) is 116 cm³/mol. The molecule has 5 rings (SSSR count). The number of fused-ring (bicyclic) bond motifs is 2. The first-order valence-electron chi connectivity index (χ1n) is 9.74. The van der Waals surface area contributed by atoms with Crippen LogP contribution in [0.2, 0.25) is 15.2 Å². The molecule has 3 aromatic rings. The number of hydrogen-bond acceptors (Lipinski definition) is 6. The molecule has 4 heterocycles. The van der Waals surface area contributed by atoms with Crippen molar-refractivity contribution in [2.24, 2.45) is 0 Å². The summed E-state index contributed by atoms with van der Waals surface area (Å²) in [6, 6.07) is 6.81. The lowest BCUT2D eigenvalue weighted by Crippen LogP contribution is -2.46. The third kappa shape index (κ3) is 3.35. The van der Waals surface area contributed by atoms with Gasteiger partial charge in [-0.3, -0.25) is 0 Å². The van der Waals surface area contributed by atoms with Gasteiger partial charge in [-0.1, -0.05) is 40.9 Å². The van der Waals surface area contributed by atoms with Gasteiger partial charge in [0, 0.05) is 6.20 Å². The number of nitrogens with zero attached hydrogens (tertiary/aromatic N) is 3. The maximum atomic E-state index is 11.3. The molecule has 0 bridgehead atoms. The van der Waals surface area contributed by atoms with Crippen molar-refractivity contribution in [1.82, 2.24) is 14.5 Å². The number of benzene rings is 1. The van der Waals surface area contributed by atoms with Crippen LogP contribution in [0, 0.1) is 0 Å². The number of hydrogen-bond donors (Lipinski definition) is 1. The quantitative estimate of drug-likeness (QED) is 0.531. The molecular formula is C21H20Cl3N3O4. The number of aromatic nitrogens is 3. The van der Waals surface area contributed by atoms with Gasteiger partial charge in [0.25, 0.3) is 0 Å². The van der Waals surface area contributed by atoms with Gasteiger partial charge in [-0.05, 0) is 44.5 Å². The van der Waals surface area contributed by atoms with Gasteiger partial charge in [-0.15, -0.1) is 0 Å². The summed E-state index contributed by atoms with van der Waals surface area (Å²) in [4.78, 5) is 8.40. The average molecular weight is 485 g/mol. The van der Waals surface area contributed by atoms with E-state index >= 15 is 0 Å². The second-order valence-corrected chi connectivity index (χ2v) is 9.59. The van der Waals surface area contributed by atoms with Gasteiger partial charge < -0.3 is 23.9 Å². The van der Waals surface area contributed by atoms with E-state index in [0.717, 1.165) is 0 Å². The Hall–Kier alpha value is -1.45. The molecule has 1 N–H and O–H groups in total. The van der Waals surface area contributed by atoms with E-state index in [9.17, 15) is 5.11 Å². The highest BCUT2D eigenvalue weighted by Gasteiger charge is 2.65. The molecule has 1 aromatic carbocycles. The summed E-state index contributed by atoms with van der Waals surface area (Å²) in [7, 11) is 0. The molecule has 0 aliphatic carbocycles. The van der Waals surface area contributed by atoms with Crippen LogP contribution >= 0.6 is 34.8 Å². The van der Waals surface area contributed by atoms with Gasteiger partial charge >= 0.3 is 0 Å². The Bertz CT molecular complexity index is 1170. The maximum absolute atomic E-state index is 11.3. The number of rotatable bonds is 3. The molecule has 31 heavy (non-hydrogen) atoms. The second-order valence-electron chi connectivity index (χ2n) is 8.41. The molecule has 5 atom stereocenters. The third-order valence-corrected chi connectivity index (χ3v) is 6.90. The first kappa shape index (κ1) is 21.4. The largest absolute Gasteiger partial charge is 0.386 e. The zero-order valence-electron chi connectivity index (χ0n) is 16.9. The van der Waals surface area contributed by atoms with Crippen molar-refractivity contribution in [2.45, 2.75) is 56.7 Å². The number of aliphatic hydroxyl groups is 1. The van der Waals surface area contributed by atoms with E-state index < -0.39 is 35.9 Å². The Morgan fingerprint density at radius 3 is 2.61 bits per heavy atom. The van der Waals surface area contributed by atoms with Crippen molar-refractivity contribution in [1.29, 1.82) is 0 Å². The van der Waals surface area contributed by atoms with Gasteiger partial charge in [0.15, 0.2) is 12.0 Å². The van der Waals surface area contributed by atoms with E-state index in [1.54, 1.807) is 18.2 Å². The van der Waals surface area contributed by atoms with Crippen molar-refractivity contribution in [3.8, 4) is 0 Å². The van der Waals surface area contributed by atoms with Crippen LogP contribution in [0.5, 0.6) is 0 Å². The van der Waals surface area contributed by atoms with E-state index in [2.05, 4.69) is 9.97 Å². The summed E-state index contributed by atoms with van der Waals surface area (Å²) >= 11 is 18.4. The van der Waals surface area contributed by atoms with Crippen LogP contribution in [0.25, 0.3) is 11.0 Å². The number of halogens is 3. The summed E-state index contributed by atoms with van der Waals surface area (Å²) < 4.78 is 20.8. The Labute approximate surface area is 193 Å². The van der Waals surface area contributed by atoms with Gasteiger partial charge in [0.05, 0.1) is 15.4 Å². The van der Waals surface area contributed by atoms with Crippen LogP contribution in [0.4, 0.5) is 0 Å². The molecule has 2 aliphatic heterocycles. The van der Waals surface area contributed by atoms with Crippen LogP contribution in [0.1, 0.15) is 38.7 Å². The molecule has 0 saturated carbocycles. The van der Waals surface area contributed by atoms with Crippen LogP contribution < -0.4 is 0 Å². The molecule has 10 heteroatoms. The summed E-state index contributed by atoms with van der Waals surface area (Å²) in [5, 5.41) is 13.1. The molecule has 0 spiro atoms. The normalized spacial score (nSPS) is 30.6. The Morgan fingerprint density at radius 1 is 1.10 bits per heavy atom. The topological polar surface area (TPSA) is 78.6 Å². The molecular weight excluding hydrogens is 465 g/mol. The smallest absolute Gasteiger partial charge is 0.165 e. The van der Waals surface area contributed by atoms with Gasteiger partial charge in [0.2, 0.25) is 0 Å². The zero-order chi connectivity index (χ0) is 22.1. The Morgan fingerprint density at radius 2 is 1.87 bits per heavy atom. The lowest BCUT2D eigenvalue weighted by atomic mass is 9.88. The maximum Gasteiger partial charge on any atom is 0.165 e. The molecule has 1 unspecified atom stereocenters. The fourth-order valence-corrected chi connectivity index (χ4v) is 5.07. The minimum Gasteiger partial charge on any atom is -0.386 e. The SMILES string of the molecule is CC1(C)O[C@H]2[C@H](n3ccc4c(Cl)ncnc43)O[C@H](C(O)c3ccc(Cl)c(Cl)c3)[C@@]2(C)O1. The van der Waals surface area contributed by atoms with Crippen LogP contribution in [-0.4, -0.2) is 43.2 Å². The zero-order valence-corrected chi connectivity index (χ0v) is 19.2. The van der Waals surface area contributed by atoms with E-state index in [4.69, 9.17) is 49.0 Å². The average Bonchev–Trinajstić information content (AvgIpc) is 3.31. The highest BCUT2D eigenvalue weighted by atomic mass is 35.5. The fourth-order valence-electron chi connectivity index (χ4n) is 4.57. The predicted octanol–water partition coefficient (Wildman–Crippen LogP) is 4.93. The minimum absolute atomic E-state index is 0.348. The molecule has 0 radical (unpaired) electrons. The molecule has 7 nitrogen and oxygen atoms in total. The monoisotopic (exact) mass is 483 g/mol. The van der Waals surface area contributed by atoms with Gasteiger partial charge in [0.1, 0.15) is 41.0 Å². The Kier molecular flexibility index (Phi) is 5.03. The van der Waals surface area contributed by atoms with Crippen LogP contribution in [0.3, 0.4) is 0 Å². The first-order chi connectivity index (χ1) is 14.6. The van der Waals surface area contributed by atoms with Crippen molar-refractivity contribution < 1.29 is 19.3 Å². The lowest BCUT2D eigenvalue weighted by molar-refractivity contribution is -0.223. The van der Waals surface area contributed by atoms with E-state index in [1.165, 1.54) is 6.33 Å². The standard InChI is InChI=1S/C21H20Cl3N3O4/c1-20(2)30-16-19(27-7-6-11-17(24)25-9-26-18(11)27)29-15(21(16,3)31-20)14(28)10-4-5-12(22)13(23)8-10/h4-9,14-16,19,28H,1-3H3/t14?,15-,16+,19-,21-/m1/s1. The van der Waals surface area contributed by atoms with Crippen molar-refractivity contribution in [3.63, 3.8) is 0 Å². The van der Waals surface area contributed by atoms with Gasteiger partial charge in [-0.2, -0.15) is 0 Å². The van der Waals surface area contributed by atoms with Crippen molar-refractivity contribution in [2.75, 3.05) is 0 Å². The Balaban J connectivity index is 1.58. The molecule has 2 fully saturated rings. The number of ether oxygens (including phenoxy) is 3. The van der Waals surface area contributed by atoms with E-state index in [-0.39, 0.29) is 0 Å². The minimum atomic E-state index is -1.04. The molecule has 164 valence electrons. The van der Waals surface area contributed by atoms with Crippen LogP contribution in [-0.2, 0) is 14.2 Å². The highest BCUT2D eigenvalue weighted by molar-refractivity contribution is 6.42. The van der Waals surface area contributed by atoms with Crippen LogP contribution in [0.15, 0.2) is 36.8 Å². The number of aliphatic hydroxyl groups excluding tert-OH is 1. The molecule has 0 amide bonds. The first-order valence-corrected chi connectivity index (χ1v) is 10.9. The van der Waals surface area contributed by atoms with E-state index in [1.807, 2.05) is 37.6 Å². The summed E-state index contributed by atoms with van der Waals surface area (Å²) in [6.45, 7) is 5.55. The van der Waals surface area contributed by atoms with Crippen molar-refractivity contribution >= 4 is 45.8 Å². The fraction of sp³-hybridized carbons (Fsp3) is 0.429. The molecule has 2 saturated heterocycles. The van der Waals surface area contributed by atoms with Gasteiger partial charge in [-0.25, -0.2) is 9.97 Å². The van der Waals surface area contributed by atoms with Crippen molar-refractivity contribution in [3.05, 3.63) is 57.6 Å². The summed E-state index contributed by atoms with van der Waals surface area (Å²) in [5.41, 5.74) is 0.217.